The van der Waals surface area contributed by atoms with Crippen LogP contribution in [0.25, 0.3) is 0 Å². The van der Waals surface area contributed by atoms with Crippen LogP contribution in [-0.4, -0.2) is 11.1 Å². The number of benzene rings is 2. The molecule has 0 atom stereocenters. The SMILES string of the molecule is Cc1ccc(NC(=O)c2ccccc2OCc2c(C)noc2C)cc1. The van der Waals surface area contributed by atoms with Crippen LogP contribution < -0.4 is 10.1 Å². The van der Waals surface area contributed by atoms with E-state index in [1.54, 1.807) is 12.1 Å². The number of nitrogens with zero attached hydrogens (tertiary/aromatic N) is 1. The molecule has 0 radical (unpaired) electrons. The molecule has 0 bridgehead atoms. The van der Waals surface area contributed by atoms with Gasteiger partial charge in [0.1, 0.15) is 18.1 Å². The number of para-hydroxylation sites is 1. The van der Waals surface area contributed by atoms with Gasteiger partial charge in [-0.25, -0.2) is 0 Å². The van der Waals surface area contributed by atoms with Crippen LogP contribution in [0.4, 0.5) is 5.69 Å². The number of aryl methyl sites for hydroxylation is 3. The van der Waals surface area contributed by atoms with Crippen LogP contribution in [0.5, 0.6) is 5.75 Å². The summed E-state index contributed by atoms with van der Waals surface area (Å²) in [4.78, 5) is 12.6. The quantitative estimate of drug-likeness (QED) is 0.748. The van der Waals surface area contributed by atoms with Gasteiger partial charge in [-0.1, -0.05) is 35.0 Å². The molecule has 0 aliphatic carbocycles. The van der Waals surface area contributed by atoms with Crippen molar-refractivity contribution in [2.75, 3.05) is 5.32 Å². The standard InChI is InChI=1S/C20H20N2O3/c1-13-8-10-16(11-9-13)21-20(23)17-6-4-5-7-19(17)24-12-18-14(2)22-25-15(18)3/h4-11H,12H2,1-3H3,(H,21,23). The van der Waals surface area contributed by atoms with E-state index in [2.05, 4.69) is 10.5 Å². The van der Waals surface area contributed by atoms with E-state index < -0.39 is 0 Å². The molecule has 0 fully saturated rings. The number of nitrogens with one attached hydrogen (secondary N) is 1. The normalized spacial score (nSPS) is 10.5. The number of carbonyl (C=O) groups is 1. The van der Waals surface area contributed by atoms with E-state index >= 15 is 0 Å². The molecule has 5 nitrogen and oxygen atoms in total. The van der Waals surface area contributed by atoms with Crippen LogP contribution in [0.2, 0.25) is 0 Å². The topological polar surface area (TPSA) is 64.4 Å². The number of ether oxygens (including phenoxy) is 1. The van der Waals surface area contributed by atoms with Gasteiger partial charge in [0.25, 0.3) is 5.91 Å². The van der Waals surface area contributed by atoms with E-state index in [4.69, 9.17) is 9.26 Å². The minimum absolute atomic E-state index is 0.210. The number of carbonyl (C=O) groups excluding carboxylic acids is 1. The smallest absolute Gasteiger partial charge is 0.259 e. The second-order valence-electron chi connectivity index (χ2n) is 5.91. The zero-order chi connectivity index (χ0) is 17.8. The lowest BCUT2D eigenvalue weighted by Gasteiger charge is -2.12. The lowest BCUT2D eigenvalue weighted by Crippen LogP contribution is -2.13. The summed E-state index contributed by atoms with van der Waals surface area (Å²) in [5, 5.41) is 6.81. The Morgan fingerprint density at radius 1 is 1.08 bits per heavy atom. The average Bonchev–Trinajstić information content (AvgIpc) is 2.93. The fourth-order valence-corrected chi connectivity index (χ4v) is 2.47. The van der Waals surface area contributed by atoms with Gasteiger partial charge >= 0.3 is 0 Å². The molecule has 2 aromatic carbocycles. The first-order chi connectivity index (χ1) is 12.0. The van der Waals surface area contributed by atoms with Gasteiger partial charge in [0.05, 0.1) is 16.8 Å². The number of hydrogen-bond acceptors (Lipinski definition) is 4. The molecule has 0 unspecified atom stereocenters. The molecule has 0 aliphatic heterocycles. The van der Waals surface area contributed by atoms with E-state index in [1.165, 1.54) is 0 Å². The van der Waals surface area contributed by atoms with Gasteiger partial charge in [-0.3, -0.25) is 4.79 Å². The zero-order valence-electron chi connectivity index (χ0n) is 14.5. The Kier molecular flexibility index (Phi) is 4.84. The Hall–Kier alpha value is -3.08. The molecule has 5 heteroatoms. The van der Waals surface area contributed by atoms with Crippen LogP contribution in [0, 0.1) is 20.8 Å². The predicted octanol–water partition coefficient (Wildman–Crippen LogP) is 4.43. The van der Waals surface area contributed by atoms with E-state index in [9.17, 15) is 4.79 Å². The van der Waals surface area contributed by atoms with Crippen molar-refractivity contribution in [2.45, 2.75) is 27.4 Å². The first-order valence-corrected chi connectivity index (χ1v) is 8.06. The van der Waals surface area contributed by atoms with Crippen molar-refractivity contribution >= 4 is 11.6 Å². The Labute approximate surface area is 146 Å². The van der Waals surface area contributed by atoms with Gasteiger partial charge in [0.15, 0.2) is 0 Å². The van der Waals surface area contributed by atoms with E-state index in [0.717, 1.165) is 28.3 Å². The van der Waals surface area contributed by atoms with Gasteiger partial charge < -0.3 is 14.6 Å². The Morgan fingerprint density at radius 2 is 1.80 bits per heavy atom. The monoisotopic (exact) mass is 336 g/mol. The molecular formula is C20H20N2O3. The summed E-state index contributed by atoms with van der Waals surface area (Å²) in [6, 6.07) is 14.8. The third-order valence-corrected chi connectivity index (χ3v) is 3.99. The summed E-state index contributed by atoms with van der Waals surface area (Å²) < 4.78 is 11.0. The van der Waals surface area contributed by atoms with Crippen molar-refractivity contribution in [2.24, 2.45) is 0 Å². The summed E-state index contributed by atoms with van der Waals surface area (Å²) in [5.74, 6) is 1.03. The minimum atomic E-state index is -0.210. The molecule has 1 aromatic heterocycles. The highest BCUT2D eigenvalue weighted by atomic mass is 16.5. The predicted molar refractivity (Wildman–Crippen MR) is 95.9 cm³/mol. The second-order valence-corrected chi connectivity index (χ2v) is 5.91. The van der Waals surface area contributed by atoms with Crippen LogP contribution >= 0.6 is 0 Å². The first kappa shape index (κ1) is 16.8. The Bertz CT molecular complexity index is 863. The van der Waals surface area contributed by atoms with Crippen molar-refractivity contribution in [1.82, 2.24) is 5.16 Å². The maximum absolute atomic E-state index is 12.6. The molecule has 0 aliphatic rings. The third kappa shape index (κ3) is 3.88. The number of hydrogen-bond donors (Lipinski definition) is 1. The molecule has 25 heavy (non-hydrogen) atoms. The number of anilines is 1. The maximum Gasteiger partial charge on any atom is 0.259 e. The molecule has 0 saturated carbocycles. The van der Waals surface area contributed by atoms with Gasteiger partial charge in [-0.05, 0) is 45.0 Å². The summed E-state index contributed by atoms with van der Waals surface area (Å²) in [6.45, 7) is 6.01. The average molecular weight is 336 g/mol. The van der Waals surface area contributed by atoms with E-state index in [1.807, 2.05) is 57.2 Å². The van der Waals surface area contributed by atoms with Crippen LogP contribution in [0.15, 0.2) is 53.1 Å². The fraction of sp³-hybridized carbons (Fsp3) is 0.200. The van der Waals surface area contributed by atoms with Crippen LogP contribution in [0.1, 0.15) is 32.9 Å². The zero-order valence-corrected chi connectivity index (χ0v) is 14.5. The highest BCUT2D eigenvalue weighted by Gasteiger charge is 2.15. The number of amides is 1. The molecular weight excluding hydrogens is 316 g/mol. The third-order valence-electron chi connectivity index (χ3n) is 3.99. The van der Waals surface area contributed by atoms with Gasteiger partial charge in [-0.15, -0.1) is 0 Å². The molecule has 1 heterocycles. The van der Waals surface area contributed by atoms with Crippen LogP contribution in [-0.2, 0) is 6.61 Å². The summed E-state index contributed by atoms with van der Waals surface area (Å²) in [6.07, 6.45) is 0. The van der Waals surface area contributed by atoms with Crippen molar-refractivity contribution in [3.05, 3.63) is 76.7 Å². The lowest BCUT2D eigenvalue weighted by molar-refractivity contribution is 0.102. The number of aromatic nitrogens is 1. The van der Waals surface area contributed by atoms with Gasteiger partial charge in [-0.2, -0.15) is 0 Å². The molecule has 1 N–H and O–H groups in total. The summed E-state index contributed by atoms with van der Waals surface area (Å²) in [5.41, 5.74) is 4.06. The highest BCUT2D eigenvalue weighted by Crippen LogP contribution is 2.22. The molecule has 3 rings (SSSR count). The van der Waals surface area contributed by atoms with Crippen LogP contribution in [0.3, 0.4) is 0 Å². The van der Waals surface area contributed by atoms with E-state index in [-0.39, 0.29) is 5.91 Å². The molecule has 128 valence electrons. The Morgan fingerprint density at radius 3 is 2.48 bits per heavy atom. The molecule has 1 amide bonds. The van der Waals surface area contributed by atoms with Crippen molar-refractivity contribution in [3.63, 3.8) is 0 Å². The second kappa shape index (κ2) is 7.21. The van der Waals surface area contributed by atoms with Crippen molar-refractivity contribution in [1.29, 1.82) is 0 Å². The molecule has 0 spiro atoms. The minimum Gasteiger partial charge on any atom is -0.488 e. The largest absolute Gasteiger partial charge is 0.488 e. The Balaban J connectivity index is 1.76. The highest BCUT2D eigenvalue weighted by molar-refractivity contribution is 6.06. The van der Waals surface area contributed by atoms with Crippen molar-refractivity contribution in [3.8, 4) is 5.75 Å². The van der Waals surface area contributed by atoms with Gasteiger partial charge in [0.2, 0.25) is 0 Å². The maximum atomic E-state index is 12.6. The lowest BCUT2D eigenvalue weighted by atomic mass is 10.1. The van der Waals surface area contributed by atoms with Gasteiger partial charge in [0, 0.05) is 5.69 Å². The van der Waals surface area contributed by atoms with E-state index in [0.29, 0.717) is 17.9 Å². The summed E-state index contributed by atoms with van der Waals surface area (Å²) in [7, 11) is 0. The fourth-order valence-electron chi connectivity index (χ4n) is 2.47. The summed E-state index contributed by atoms with van der Waals surface area (Å²) >= 11 is 0. The molecule has 0 saturated heterocycles. The first-order valence-electron chi connectivity index (χ1n) is 8.06. The molecule has 3 aromatic rings. The number of rotatable bonds is 5. The van der Waals surface area contributed by atoms with Crippen molar-refractivity contribution < 1.29 is 14.1 Å².